The largest absolute Gasteiger partial charge is 0.493 e. The number of rotatable bonds is 8. The van der Waals surface area contributed by atoms with E-state index in [1.165, 1.54) is 39.7 Å². The van der Waals surface area contributed by atoms with E-state index in [4.69, 9.17) is 25.8 Å². The molecule has 0 aliphatic rings. The van der Waals surface area contributed by atoms with Gasteiger partial charge in [0.25, 0.3) is 11.8 Å². The Balaban J connectivity index is 1.97. The van der Waals surface area contributed by atoms with Crippen molar-refractivity contribution in [1.29, 1.82) is 0 Å². The molecule has 8 nitrogen and oxygen atoms in total. The van der Waals surface area contributed by atoms with Crippen LogP contribution < -0.4 is 25.0 Å². The molecule has 0 saturated heterocycles. The monoisotopic (exact) mass is 423 g/mol. The maximum atomic E-state index is 13.7. The third kappa shape index (κ3) is 5.58. The maximum absolute atomic E-state index is 13.7. The summed E-state index contributed by atoms with van der Waals surface area (Å²) in [5, 5.41) is 6.03. The Morgan fingerprint density at radius 1 is 1.14 bits per heavy atom. The van der Waals surface area contributed by atoms with Gasteiger partial charge in [-0.2, -0.15) is 5.10 Å². The third-order valence-corrected chi connectivity index (χ3v) is 4.00. The van der Waals surface area contributed by atoms with Gasteiger partial charge in [0.05, 0.1) is 44.7 Å². The van der Waals surface area contributed by atoms with Crippen LogP contribution >= 0.6 is 11.6 Å². The van der Waals surface area contributed by atoms with Crippen LogP contribution in [-0.4, -0.2) is 45.9 Å². The molecule has 0 unspecified atom stereocenters. The highest BCUT2D eigenvalue weighted by Crippen LogP contribution is 2.37. The summed E-state index contributed by atoms with van der Waals surface area (Å²) in [7, 11) is 4.44. The van der Waals surface area contributed by atoms with Gasteiger partial charge < -0.3 is 19.5 Å². The lowest BCUT2D eigenvalue weighted by Gasteiger charge is -2.12. The van der Waals surface area contributed by atoms with Crippen LogP contribution in [0.15, 0.2) is 35.4 Å². The van der Waals surface area contributed by atoms with Crippen LogP contribution in [0.25, 0.3) is 0 Å². The molecule has 0 radical (unpaired) electrons. The Bertz CT molecular complexity index is 891. The van der Waals surface area contributed by atoms with Crippen LogP contribution in [0.2, 0.25) is 5.02 Å². The highest BCUT2D eigenvalue weighted by molar-refractivity contribution is 6.33. The molecule has 0 spiro atoms. The van der Waals surface area contributed by atoms with Gasteiger partial charge in [-0.15, -0.1) is 0 Å². The predicted molar refractivity (Wildman–Crippen MR) is 106 cm³/mol. The summed E-state index contributed by atoms with van der Waals surface area (Å²) in [5.41, 5.74) is 2.49. The van der Waals surface area contributed by atoms with Crippen LogP contribution in [0.1, 0.15) is 15.9 Å². The molecule has 2 rings (SSSR count). The molecule has 29 heavy (non-hydrogen) atoms. The van der Waals surface area contributed by atoms with Crippen molar-refractivity contribution >= 4 is 29.6 Å². The van der Waals surface area contributed by atoms with Crippen molar-refractivity contribution < 1.29 is 28.2 Å². The van der Waals surface area contributed by atoms with Crippen LogP contribution in [0.5, 0.6) is 17.2 Å². The van der Waals surface area contributed by atoms with Crippen LogP contribution in [0.3, 0.4) is 0 Å². The number of hydrazone groups is 1. The summed E-state index contributed by atoms with van der Waals surface area (Å²) in [6, 6.07) is 7.13. The molecular weight excluding hydrogens is 405 g/mol. The first-order valence-electron chi connectivity index (χ1n) is 8.25. The van der Waals surface area contributed by atoms with E-state index in [0.29, 0.717) is 22.8 Å². The van der Waals surface area contributed by atoms with E-state index in [0.717, 1.165) is 6.07 Å². The average Bonchev–Trinajstić information content (AvgIpc) is 2.71. The van der Waals surface area contributed by atoms with E-state index in [1.54, 1.807) is 12.1 Å². The first-order chi connectivity index (χ1) is 13.9. The van der Waals surface area contributed by atoms with Gasteiger partial charge in [-0.05, 0) is 24.3 Å². The lowest BCUT2D eigenvalue weighted by Crippen LogP contribution is -2.35. The average molecular weight is 424 g/mol. The fourth-order valence-corrected chi connectivity index (χ4v) is 2.61. The SMILES string of the molecule is COc1cc(/C=N/NC(=O)CNC(=O)c2c(F)cccc2Cl)cc(OC)c1OC. The number of nitrogens with one attached hydrogen (secondary N) is 2. The minimum Gasteiger partial charge on any atom is -0.493 e. The molecule has 0 saturated carbocycles. The van der Waals surface area contributed by atoms with Crippen molar-refractivity contribution in [3.8, 4) is 17.2 Å². The molecule has 2 amide bonds. The summed E-state index contributed by atoms with van der Waals surface area (Å²) in [4.78, 5) is 23.8. The Morgan fingerprint density at radius 2 is 1.79 bits per heavy atom. The quantitative estimate of drug-likeness (QED) is 0.502. The summed E-state index contributed by atoms with van der Waals surface area (Å²) >= 11 is 5.81. The van der Waals surface area contributed by atoms with Gasteiger partial charge in [-0.3, -0.25) is 9.59 Å². The van der Waals surface area contributed by atoms with Crippen LogP contribution in [0.4, 0.5) is 4.39 Å². The van der Waals surface area contributed by atoms with E-state index in [9.17, 15) is 14.0 Å². The molecule has 0 bridgehead atoms. The van der Waals surface area contributed by atoms with Gasteiger partial charge >= 0.3 is 0 Å². The standard InChI is InChI=1S/C19H19ClFN3O5/c1-27-14-7-11(8-15(28-2)18(14)29-3)9-23-24-16(25)10-22-19(26)17-12(20)5-4-6-13(17)21/h4-9H,10H2,1-3H3,(H,22,26)(H,24,25)/b23-9+. The molecule has 2 aromatic rings. The molecule has 154 valence electrons. The number of benzene rings is 2. The second-order valence-electron chi connectivity index (χ2n) is 5.53. The van der Waals surface area contributed by atoms with E-state index in [-0.39, 0.29) is 10.6 Å². The number of amides is 2. The number of methoxy groups -OCH3 is 3. The first kappa shape index (κ1) is 22.0. The minimum absolute atomic E-state index is 0.0525. The summed E-state index contributed by atoms with van der Waals surface area (Å²) in [6.07, 6.45) is 1.36. The minimum atomic E-state index is -0.808. The van der Waals surface area contributed by atoms with Crippen molar-refractivity contribution in [2.24, 2.45) is 5.10 Å². The first-order valence-corrected chi connectivity index (χ1v) is 8.63. The van der Waals surface area contributed by atoms with Crippen molar-refractivity contribution in [1.82, 2.24) is 10.7 Å². The Morgan fingerprint density at radius 3 is 2.34 bits per heavy atom. The lowest BCUT2D eigenvalue weighted by molar-refractivity contribution is -0.120. The predicted octanol–water partition coefficient (Wildman–Crippen LogP) is 2.38. The molecule has 0 fully saturated rings. The molecule has 0 aromatic heterocycles. The number of hydrogen-bond donors (Lipinski definition) is 2. The van der Waals surface area contributed by atoms with Crippen LogP contribution in [0, 0.1) is 5.82 Å². The molecule has 10 heteroatoms. The number of carbonyl (C=O) groups is 2. The fraction of sp³-hybridized carbons (Fsp3) is 0.211. The normalized spacial score (nSPS) is 10.5. The second kappa shape index (κ2) is 10.3. The smallest absolute Gasteiger partial charge is 0.259 e. The van der Waals surface area contributed by atoms with E-state index in [2.05, 4.69) is 15.8 Å². The van der Waals surface area contributed by atoms with Gasteiger partial charge in [0.1, 0.15) is 5.82 Å². The van der Waals surface area contributed by atoms with Gasteiger partial charge in [-0.25, -0.2) is 9.82 Å². The van der Waals surface area contributed by atoms with Gasteiger partial charge in [0.2, 0.25) is 5.75 Å². The van der Waals surface area contributed by atoms with Gasteiger partial charge in [0.15, 0.2) is 11.5 Å². The zero-order valence-corrected chi connectivity index (χ0v) is 16.7. The lowest BCUT2D eigenvalue weighted by atomic mass is 10.2. The number of ether oxygens (including phenoxy) is 3. The maximum Gasteiger partial charge on any atom is 0.259 e. The summed E-state index contributed by atoms with van der Waals surface area (Å²) in [6.45, 7) is -0.421. The van der Waals surface area contributed by atoms with E-state index >= 15 is 0 Å². The summed E-state index contributed by atoms with van der Waals surface area (Å²) < 4.78 is 29.4. The van der Waals surface area contributed by atoms with Crippen molar-refractivity contribution in [2.75, 3.05) is 27.9 Å². The third-order valence-electron chi connectivity index (χ3n) is 3.69. The van der Waals surface area contributed by atoms with Crippen LogP contribution in [-0.2, 0) is 4.79 Å². The molecule has 0 aliphatic heterocycles. The number of hydrogen-bond acceptors (Lipinski definition) is 6. The zero-order valence-electron chi connectivity index (χ0n) is 15.9. The van der Waals surface area contributed by atoms with Crippen molar-refractivity contribution in [3.05, 3.63) is 52.3 Å². The van der Waals surface area contributed by atoms with Crippen molar-refractivity contribution in [2.45, 2.75) is 0 Å². The molecule has 2 aromatic carbocycles. The Kier molecular flexibility index (Phi) is 7.79. The topological polar surface area (TPSA) is 98.2 Å². The highest BCUT2D eigenvalue weighted by atomic mass is 35.5. The Labute approximate surface area is 171 Å². The fourth-order valence-electron chi connectivity index (χ4n) is 2.36. The second-order valence-corrected chi connectivity index (χ2v) is 5.94. The van der Waals surface area contributed by atoms with Crippen molar-refractivity contribution in [3.63, 3.8) is 0 Å². The molecule has 0 heterocycles. The number of halogens is 2. The number of nitrogens with zero attached hydrogens (tertiary/aromatic N) is 1. The molecule has 0 aliphatic carbocycles. The zero-order chi connectivity index (χ0) is 21.4. The van der Waals surface area contributed by atoms with E-state index in [1.807, 2.05) is 0 Å². The summed E-state index contributed by atoms with van der Waals surface area (Å²) in [5.74, 6) is -0.935. The Hall–Kier alpha value is -3.33. The van der Waals surface area contributed by atoms with Gasteiger partial charge in [0, 0.05) is 5.56 Å². The molecular formula is C19H19ClFN3O5. The van der Waals surface area contributed by atoms with E-state index < -0.39 is 24.2 Å². The number of carbonyl (C=O) groups excluding carboxylic acids is 2. The molecule has 0 atom stereocenters. The highest BCUT2D eigenvalue weighted by Gasteiger charge is 2.16. The van der Waals surface area contributed by atoms with Gasteiger partial charge in [-0.1, -0.05) is 17.7 Å². The molecule has 2 N–H and O–H groups in total.